The monoisotopic (exact) mass is 278 g/mol. The van der Waals surface area contributed by atoms with Crippen LogP contribution in [0.1, 0.15) is 37.0 Å². The van der Waals surface area contributed by atoms with Crippen LogP contribution >= 0.6 is 11.6 Å². The van der Waals surface area contributed by atoms with Crippen LogP contribution in [0.3, 0.4) is 0 Å². The minimum atomic E-state index is 0.289. The Morgan fingerprint density at radius 2 is 2.11 bits per heavy atom. The van der Waals surface area contributed by atoms with Gasteiger partial charge in [0.1, 0.15) is 5.82 Å². The Labute approximate surface area is 118 Å². The lowest BCUT2D eigenvalue weighted by molar-refractivity contribution is 0.710. The van der Waals surface area contributed by atoms with Crippen LogP contribution in [0.2, 0.25) is 5.02 Å². The fourth-order valence-corrected chi connectivity index (χ4v) is 2.13. The van der Waals surface area contributed by atoms with Crippen molar-refractivity contribution in [3.8, 4) is 5.69 Å². The Bertz CT molecular complexity index is 575. The highest BCUT2D eigenvalue weighted by molar-refractivity contribution is 6.30. The Morgan fingerprint density at radius 1 is 1.37 bits per heavy atom. The molecule has 0 amide bonds. The molecule has 0 aliphatic rings. The van der Waals surface area contributed by atoms with E-state index in [1.165, 1.54) is 0 Å². The topological polar surface area (TPSA) is 56.7 Å². The minimum Gasteiger partial charge on any atom is -0.330 e. The summed E-state index contributed by atoms with van der Waals surface area (Å²) < 4.78 is 1.89. The van der Waals surface area contributed by atoms with E-state index in [9.17, 15) is 0 Å². The maximum Gasteiger partial charge on any atom is 0.152 e. The normalized spacial score (nSPS) is 11.3. The number of aryl methyl sites for hydroxylation is 1. The molecule has 2 rings (SSSR count). The summed E-state index contributed by atoms with van der Waals surface area (Å²) in [5, 5.41) is 5.26. The first-order chi connectivity index (χ1) is 9.02. The van der Waals surface area contributed by atoms with Crippen molar-refractivity contribution in [1.82, 2.24) is 14.8 Å². The Hall–Kier alpha value is -1.39. The number of aromatic nitrogens is 3. The first-order valence-corrected chi connectivity index (χ1v) is 6.83. The van der Waals surface area contributed by atoms with E-state index in [4.69, 9.17) is 17.3 Å². The van der Waals surface area contributed by atoms with Crippen molar-refractivity contribution in [3.63, 3.8) is 0 Å². The molecular formula is C14H19ClN4. The second-order valence-corrected chi connectivity index (χ2v) is 5.36. The van der Waals surface area contributed by atoms with Crippen LogP contribution < -0.4 is 5.73 Å². The Morgan fingerprint density at radius 3 is 2.74 bits per heavy atom. The van der Waals surface area contributed by atoms with Crippen LogP contribution in [0.5, 0.6) is 0 Å². The molecule has 1 heterocycles. The molecule has 2 aromatic rings. The van der Waals surface area contributed by atoms with Gasteiger partial charge in [0.15, 0.2) is 5.82 Å². The first kappa shape index (κ1) is 14.0. The van der Waals surface area contributed by atoms with Crippen molar-refractivity contribution in [1.29, 1.82) is 0 Å². The lowest BCUT2D eigenvalue weighted by Gasteiger charge is -2.11. The van der Waals surface area contributed by atoms with Gasteiger partial charge in [0, 0.05) is 17.4 Å². The SMILES string of the molecule is Cc1ccc(Cl)cc1-n1nc(CCN)nc1C(C)C. The molecule has 0 atom stereocenters. The van der Waals surface area contributed by atoms with Crippen molar-refractivity contribution in [2.45, 2.75) is 33.1 Å². The van der Waals surface area contributed by atoms with Crippen LogP contribution in [0.15, 0.2) is 18.2 Å². The summed E-state index contributed by atoms with van der Waals surface area (Å²) in [6.45, 7) is 6.80. The average Bonchev–Trinajstić information content (AvgIpc) is 2.77. The average molecular weight is 279 g/mol. The van der Waals surface area contributed by atoms with Gasteiger partial charge in [0.2, 0.25) is 0 Å². The van der Waals surface area contributed by atoms with Gasteiger partial charge in [-0.2, -0.15) is 5.10 Å². The van der Waals surface area contributed by atoms with Gasteiger partial charge in [-0.1, -0.05) is 31.5 Å². The third-order valence-corrected chi connectivity index (χ3v) is 3.19. The van der Waals surface area contributed by atoms with Gasteiger partial charge in [0.05, 0.1) is 5.69 Å². The van der Waals surface area contributed by atoms with Crippen molar-refractivity contribution in [2.75, 3.05) is 6.54 Å². The number of nitrogens with zero attached hydrogens (tertiary/aromatic N) is 3. The van der Waals surface area contributed by atoms with E-state index in [2.05, 4.69) is 23.9 Å². The quantitative estimate of drug-likeness (QED) is 0.936. The van der Waals surface area contributed by atoms with Crippen LogP contribution in [0.4, 0.5) is 0 Å². The molecule has 0 aliphatic heterocycles. The first-order valence-electron chi connectivity index (χ1n) is 6.45. The van der Waals surface area contributed by atoms with E-state index < -0.39 is 0 Å². The van der Waals surface area contributed by atoms with Gasteiger partial charge in [-0.25, -0.2) is 9.67 Å². The fraction of sp³-hybridized carbons (Fsp3) is 0.429. The second kappa shape index (κ2) is 5.72. The zero-order valence-electron chi connectivity index (χ0n) is 11.5. The zero-order chi connectivity index (χ0) is 14.0. The number of benzene rings is 1. The maximum absolute atomic E-state index is 6.09. The van der Waals surface area contributed by atoms with Gasteiger partial charge >= 0.3 is 0 Å². The van der Waals surface area contributed by atoms with E-state index >= 15 is 0 Å². The molecule has 0 radical (unpaired) electrons. The van der Waals surface area contributed by atoms with Gasteiger partial charge < -0.3 is 5.73 Å². The highest BCUT2D eigenvalue weighted by Gasteiger charge is 2.15. The molecule has 0 fully saturated rings. The molecule has 19 heavy (non-hydrogen) atoms. The largest absolute Gasteiger partial charge is 0.330 e. The van der Waals surface area contributed by atoms with Crippen molar-refractivity contribution >= 4 is 11.6 Å². The van der Waals surface area contributed by atoms with Gasteiger partial charge in [-0.3, -0.25) is 0 Å². The predicted octanol–water partition coefficient (Wildman–Crippen LogP) is 2.85. The highest BCUT2D eigenvalue weighted by atomic mass is 35.5. The molecule has 0 bridgehead atoms. The molecule has 2 N–H and O–H groups in total. The Balaban J connectivity index is 2.56. The fourth-order valence-electron chi connectivity index (χ4n) is 1.97. The minimum absolute atomic E-state index is 0.289. The zero-order valence-corrected chi connectivity index (χ0v) is 12.3. The summed E-state index contributed by atoms with van der Waals surface area (Å²) in [6, 6.07) is 5.79. The molecule has 0 unspecified atom stereocenters. The number of hydrogen-bond donors (Lipinski definition) is 1. The summed E-state index contributed by atoms with van der Waals surface area (Å²) in [5.41, 5.74) is 7.68. The van der Waals surface area contributed by atoms with E-state index in [0.29, 0.717) is 18.0 Å². The smallest absolute Gasteiger partial charge is 0.152 e. The molecule has 5 heteroatoms. The summed E-state index contributed by atoms with van der Waals surface area (Å²) in [4.78, 5) is 4.58. The molecule has 4 nitrogen and oxygen atoms in total. The van der Waals surface area contributed by atoms with Crippen molar-refractivity contribution in [2.24, 2.45) is 5.73 Å². The third kappa shape index (κ3) is 2.96. The summed E-state index contributed by atoms with van der Waals surface area (Å²) in [5.74, 6) is 2.01. The number of nitrogens with two attached hydrogens (primary N) is 1. The lowest BCUT2D eigenvalue weighted by atomic mass is 10.1. The summed E-state index contributed by atoms with van der Waals surface area (Å²) >= 11 is 6.09. The van der Waals surface area contributed by atoms with Crippen LogP contribution in [0, 0.1) is 6.92 Å². The molecular weight excluding hydrogens is 260 g/mol. The molecule has 102 valence electrons. The number of halogens is 1. The van der Waals surface area contributed by atoms with Crippen LogP contribution in [0.25, 0.3) is 5.69 Å². The summed E-state index contributed by atoms with van der Waals surface area (Å²) in [6.07, 6.45) is 0.687. The van der Waals surface area contributed by atoms with E-state index in [1.807, 2.05) is 29.8 Å². The maximum atomic E-state index is 6.09. The predicted molar refractivity (Wildman–Crippen MR) is 78.0 cm³/mol. The van der Waals surface area contributed by atoms with Crippen LogP contribution in [-0.4, -0.2) is 21.3 Å². The molecule has 1 aromatic carbocycles. The standard InChI is InChI=1S/C14H19ClN4/c1-9(2)14-17-13(6-7-16)18-19(14)12-8-11(15)5-4-10(12)3/h4-5,8-9H,6-7,16H2,1-3H3. The number of hydrogen-bond acceptors (Lipinski definition) is 3. The van der Waals surface area contributed by atoms with E-state index in [0.717, 1.165) is 22.9 Å². The van der Waals surface area contributed by atoms with Gasteiger partial charge in [-0.15, -0.1) is 0 Å². The van der Waals surface area contributed by atoms with E-state index in [1.54, 1.807) is 0 Å². The van der Waals surface area contributed by atoms with Gasteiger partial charge in [0.25, 0.3) is 0 Å². The summed E-state index contributed by atoms with van der Waals surface area (Å²) in [7, 11) is 0. The highest BCUT2D eigenvalue weighted by Crippen LogP contribution is 2.23. The van der Waals surface area contributed by atoms with E-state index in [-0.39, 0.29) is 5.92 Å². The van der Waals surface area contributed by atoms with Gasteiger partial charge in [-0.05, 0) is 31.2 Å². The molecule has 0 aliphatic carbocycles. The van der Waals surface area contributed by atoms with Crippen molar-refractivity contribution in [3.05, 3.63) is 40.4 Å². The molecule has 0 saturated carbocycles. The second-order valence-electron chi connectivity index (χ2n) is 4.92. The Kier molecular flexibility index (Phi) is 4.22. The molecule has 1 aromatic heterocycles. The molecule has 0 saturated heterocycles. The lowest BCUT2D eigenvalue weighted by Crippen LogP contribution is -2.07. The molecule has 0 spiro atoms. The van der Waals surface area contributed by atoms with Crippen molar-refractivity contribution < 1.29 is 0 Å². The van der Waals surface area contributed by atoms with Crippen LogP contribution in [-0.2, 0) is 6.42 Å². The third-order valence-electron chi connectivity index (χ3n) is 2.96. The number of rotatable bonds is 4.